The van der Waals surface area contributed by atoms with E-state index in [0.717, 1.165) is 31.7 Å². The molecule has 182 valence electrons. The first kappa shape index (κ1) is 24.1. The van der Waals surface area contributed by atoms with Crippen molar-refractivity contribution in [3.05, 3.63) is 53.0 Å². The van der Waals surface area contributed by atoms with Crippen LogP contribution in [0, 0.1) is 5.92 Å². The van der Waals surface area contributed by atoms with E-state index < -0.39 is 42.3 Å². The molecule has 2 unspecified atom stereocenters. The number of halogens is 3. The molecule has 1 fully saturated rings. The third kappa shape index (κ3) is 4.90. The van der Waals surface area contributed by atoms with Crippen molar-refractivity contribution in [2.75, 3.05) is 11.9 Å². The van der Waals surface area contributed by atoms with E-state index >= 15 is 0 Å². The molecule has 1 aliphatic heterocycles. The Morgan fingerprint density at radius 2 is 1.94 bits per heavy atom. The summed E-state index contributed by atoms with van der Waals surface area (Å²) in [6.45, 7) is -0.844. The molecule has 2 atom stereocenters. The van der Waals surface area contributed by atoms with Gasteiger partial charge in [-0.15, -0.1) is 0 Å². The Kier molecular flexibility index (Phi) is 6.85. The number of fused-ring (bicyclic) bond motifs is 1. The van der Waals surface area contributed by atoms with Gasteiger partial charge in [-0.1, -0.05) is 31.7 Å². The summed E-state index contributed by atoms with van der Waals surface area (Å²) in [4.78, 5) is 35.5. The molecule has 0 spiro atoms. The first-order valence-electron chi connectivity index (χ1n) is 11.1. The zero-order valence-electron chi connectivity index (χ0n) is 18.3. The van der Waals surface area contributed by atoms with Gasteiger partial charge in [0.05, 0.1) is 30.3 Å². The highest BCUT2D eigenvalue weighted by atomic mass is 19.4. The van der Waals surface area contributed by atoms with Crippen LogP contribution in [0.4, 0.5) is 19.0 Å². The van der Waals surface area contributed by atoms with E-state index in [1.807, 2.05) is 0 Å². The fourth-order valence-electron chi connectivity index (χ4n) is 4.69. The number of aliphatic hydroxyl groups excluding tert-OH is 2. The van der Waals surface area contributed by atoms with Gasteiger partial charge < -0.3 is 20.4 Å². The topological polar surface area (TPSA) is 116 Å². The molecule has 0 radical (unpaired) electrons. The van der Waals surface area contributed by atoms with E-state index in [-0.39, 0.29) is 35.1 Å². The second-order valence-corrected chi connectivity index (χ2v) is 8.68. The van der Waals surface area contributed by atoms with E-state index in [2.05, 4.69) is 15.3 Å². The molecular formula is C23H25F3N4O4. The van der Waals surface area contributed by atoms with E-state index in [1.54, 1.807) is 0 Å². The lowest BCUT2D eigenvalue weighted by Gasteiger charge is -2.29. The van der Waals surface area contributed by atoms with Crippen molar-refractivity contribution >= 4 is 17.6 Å². The monoisotopic (exact) mass is 478 g/mol. The Labute approximate surface area is 193 Å². The molecular weight excluding hydrogens is 453 g/mol. The van der Waals surface area contributed by atoms with Crippen molar-refractivity contribution in [3.8, 4) is 0 Å². The third-order valence-electron chi connectivity index (χ3n) is 6.45. The maximum absolute atomic E-state index is 13.5. The maximum Gasteiger partial charge on any atom is 0.416 e. The zero-order chi connectivity index (χ0) is 24.5. The van der Waals surface area contributed by atoms with Crippen LogP contribution in [0.3, 0.4) is 0 Å². The molecule has 11 heteroatoms. The molecule has 4 rings (SSSR count). The van der Waals surface area contributed by atoms with E-state index in [9.17, 15) is 27.9 Å². The number of carbonyl (C=O) groups excluding carboxylic acids is 2. The molecule has 2 aromatic rings. The number of hydrogen-bond acceptors (Lipinski definition) is 6. The SMILES string of the molecule is O=C(Nc1cnc(C(O)CO)cn1)C(CC1CCCC1)N1Cc2c(cccc2C(F)(F)F)C1=O. The van der Waals surface area contributed by atoms with Gasteiger partial charge in [0.2, 0.25) is 5.91 Å². The highest BCUT2D eigenvalue weighted by Gasteiger charge is 2.43. The minimum atomic E-state index is -4.61. The van der Waals surface area contributed by atoms with Crippen molar-refractivity contribution in [1.82, 2.24) is 14.9 Å². The molecule has 1 saturated carbocycles. The van der Waals surface area contributed by atoms with Crippen LogP contribution < -0.4 is 5.32 Å². The number of nitrogens with zero attached hydrogens (tertiary/aromatic N) is 3. The zero-order valence-corrected chi connectivity index (χ0v) is 18.3. The number of anilines is 1. The summed E-state index contributed by atoms with van der Waals surface area (Å²) in [6.07, 6.45) is 0.715. The van der Waals surface area contributed by atoms with E-state index in [4.69, 9.17) is 5.11 Å². The molecule has 2 heterocycles. The van der Waals surface area contributed by atoms with Crippen LogP contribution in [-0.2, 0) is 17.5 Å². The highest BCUT2D eigenvalue weighted by Crippen LogP contribution is 2.39. The normalized spacial score (nSPS) is 18.1. The number of aromatic nitrogens is 2. The van der Waals surface area contributed by atoms with Crippen LogP contribution in [0.25, 0.3) is 0 Å². The number of carbonyl (C=O) groups is 2. The lowest BCUT2D eigenvalue weighted by atomic mass is 9.96. The smallest absolute Gasteiger partial charge is 0.393 e. The Bertz CT molecular complexity index is 1060. The van der Waals surface area contributed by atoms with Gasteiger partial charge in [-0.2, -0.15) is 13.2 Å². The molecule has 0 bridgehead atoms. The Hall–Kier alpha value is -3.05. The molecule has 1 aliphatic carbocycles. The van der Waals surface area contributed by atoms with Gasteiger partial charge in [0.15, 0.2) is 5.82 Å². The summed E-state index contributed by atoms with van der Waals surface area (Å²) >= 11 is 0. The van der Waals surface area contributed by atoms with Gasteiger partial charge in [-0.3, -0.25) is 14.6 Å². The van der Waals surface area contributed by atoms with Crippen LogP contribution in [0.15, 0.2) is 30.6 Å². The Balaban J connectivity index is 1.59. The van der Waals surface area contributed by atoms with Crippen molar-refractivity contribution in [2.24, 2.45) is 5.92 Å². The van der Waals surface area contributed by atoms with Gasteiger partial charge in [0.25, 0.3) is 5.91 Å². The highest BCUT2D eigenvalue weighted by molar-refractivity contribution is 6.03. The van der Waals surface area contributed by atoms with Crippen LogP contribution in [0.1, 0.15) is 65.4 Å². The largest absolute Gasteiger partial charge is 0.416 e. The molecule has 34 heavy (non-hydrogen) atoms. The summed E-state index contributed by atoms with van der Waals surface area (Å²) in [5.74, 6) is -0.920. The number of hydrogen-bond donors (Lipinski definition) is 3. The first-order chi connectivity index (χ1) is 16.2. The quantitative estimate of drug-likeness (QED) is 0.564. The summed E-state index contributed by atoms with van der Waals surface area (Å²) in [7, 11) is 0. The Morgan fingerprint density at radius 1 is 1.21 bits per heavy atom. The maximum atomic E-state index is 13.5. The molecule has 2 amide bonds. The standard InChI is InChI=1S/C23H25F3N4O4/c24-23(25,26)16-7-3-6-14-15(16)11-30(22(14)34)18(8-13-4-1-2-5-13)21(33)29-20-10-27-17(9-28-20)19(32)12-31/h3,6-7,9-10,13,18-19,31-32H,1-2,4-5,8,11-12H2,(H,28,29,33). The predicted molar refractivity (Wildman–Crippen MR) is 114 cm³/mol. The van der Waals surface area contributed by atoms with Gasteiger partial charge in [0, 0.05) is 12.1 Å². The average molecular weight is 478 g/mol. The van der Waals surface area contributed by atoms with E-state index in [1.165, 1.54) is 29.4 Å². The van der Waals surface area contributed by atoms with Crippen molar-refractivity contribution in [2.45, 2.75) is 57.0 Å². The molecule has 0 saturated heterocycles. The lowest BCUT2D eigenvalue weighted by Crippen LogP contribution is -2.45. The van der Waals surface area contributed by atoms with Gasteiger partial charge in [0.1, 0.15) is 12.1 Å². The fourth-order valence-corrected chi connectivity index (χ4v) is 4.69. The number of nitrogens with one attached hydrogen (secondary N) is 1. The van der Waals surface area contributed by atoms with Crippen LogP contribution in [0.5, 0.6) is 0 Å². The van der Waals surface area contributed by atoms with Crippen molar-refractivity contribution in [3.63, 3.8) is 0 Å². The summed E-state index contributed by atoms with van der Waals surface area (Å²) < 4.78 is 40.6. The fraction of sp³-hybridized carbons (Fsp3) is 0.478. The lowest BCUT2D eigenvalue weighted by molar-refractivity contribution is -0.138. The van der Waals surface area contributed by atoms with E-state index in [0.29, 0.717) is 6.42 Å². The molecule has 1 aromatic heterocycles. The average Bonchev–Trinajstić information content (AvgIpc) is 3.44. The molecule has 3 N–H and O–H groups in total. The number of aliphatic hydroxyl groups is 2. The minimum absolute atomic E-state index is 0.0406. The number of amides is 2. The van der Waals surface area contributed by atoms with Crippen LogP contribution in [-0.4, -0.2) is 49.5 Å². The van der Waals surface area contributed by atoms with Crippen LogP contribution in [0.2, 0.25) is 0 Å². The van der Waals surface area contributed by atoms with Gasteiger partial charge >= 0.3 is 6.18 Å². The van der Waals surface area contributed by atoms with Crippen molar-refractivity contribution in [1.29, 1.82) is 0 Å². The molecule has 2 aliphatic rings. The minimum Gasteiger partial charge on any atom is -0.393 e. The number of benzene rings is 1. The van der Waals surface area contributed by atoms with Gasteiger partial charge in [-0.25, -0.2) is 4.98 Å². The molecule has 1 aromatic carbocycles. The first-order valence-corrected chi connectivity index (χ1v) is 11.1. The Morgan fingerprint density at radius 3 is 2.56 bits per heavy atom. The predicted octanol–water partition coefficient (Wildman–Crippen LogP) is 3.06. The third-order valence-corrected chi connectivity index (χ3v) is 6.45. The van der Waals surface area contributed by atoms with Gasteiger partial charge in [-0.05, 0) is 30.0 Å². The summed E-state index contributed by atoms with van der Waals surface area (Å²) in [5.41, 5.74) is -0.912. The summed E-state index contributed by atoms with van der Waals surface area (Å²) in [6, 6.07) is 2.52. The molecule has 8 nitrogen and oxygen atoms in total. The van der Waals surface area contributed by atoms with Crippen molar-refractivity contribution < 1.29 is 33.0 Å². The summed E-state index contributed by atoms with van der Waals surface area (Å²) in [5, 5.41) is 21.2. The van der Waals surface area contributed by atoms with Crippen LogP contribution >= 0.6 is 0 Å². The second-order valence-electron chi connectivity index (χ2n) is 8.68. The number of alkyl halides is 3. The second kappa shape index (κ2) is 9.67. The number of rotatable bonds is 7.